The Morgan fingerprint density at radius 1 is 0.636 bits per heavy atom. The molecule has 0 bridgehead atoms. The lowest BCUT2D eigenvalue weighted by Gasteiger charge is -2.51. The Kier molecular flexibility index (Phi) is 20.2. The molecule has 66 heavy (non-hydrogen) atoms. The Morgan fingerprint density at radius 3 is 1.47 bits per heavy atom. The van der Waals surface area contributed by atoms with Crippen LogP contribution in [-0.2, 0) is 74.9 Å². The van der Waals surface area contributed by atoms with Crippen LogP contribution >= 0.6 is 19.8 Å². The third-order valence-electron chi connectivity index (χ3n) is 13.4. The van der Waals surface area contributed by atoms with Gasteiger partial charge in [0.2, 0.25) is 0 Å². The molecule has 0 radical (unpaired) electrons. The van der Waals surface area contributed by atoms with Crippen LogP contribution in [0.25, 0.3) is 0 Å². The van der Waals surface area contributed by atoms with Crippen molar-refractivity contribution in [2.24, 2.45) is 11.8 Å². The van der Waals surface area contributed by atoms with Gasteiger partial charge in [0.25, 0.3) is 0 Å². The number of ether oxygens (including phenoxy) is 13. The van der Waals surface area contributed by atoms with Crippen molar-refractivity contribution in [3.8, 4) is 11.5 Å². The molecule has 372 valence electrons. The van der Waals surface area contributed by atoms with Crippen LogP contribution in [0.4, 0.5) is 0 Å². The van der Waals surface area contributed by atoms with E-state index in [9.17, 15) is 9.59 Å². The number of benzene rings is 2. The zero-order chi connectivity index (χ0) is 45.6. The van der Waals surface area contributed by atoms with E-state index < -0.39 is 17.7 Å². The fourth-order valence-electron chi connectivity index (χ4n) is 10.1. The Bertz CT molecular complexity index is 1800. The van der Waals surface area contributed by atoms with Gasteiger partial charge in [-0.15, -0.1) is 0 Å². The second-order valence-corrected chi connectivity index (χ2v) is 18.7. The van der Waals surface area contributed by atoms with Crippen LogP contribution in [0, 0.1) is 11.8 Å². The zero-order valence-corrected chi connectivity index (χ0v) is 42.2. The van der Waals surface area contributed by atoms with E-state index in [0.29, 0.717) is 39.3 Å². The molecule has 0 unspecified atom stereocenters. The number of esters is 1. The molecule has 0 aliphatic carbocycles. The maximum absolute atomic E-state index is 12.2. The molecular formula is C49H73O15P2-3. The fourth-order valence-corrected chi connectivity index (χ4v) is 10.1. The van der Waals surface area contributed by atoms with Crippen LogP contribution in [0.15, 0.2) is 48.5 Å². The van der Waals surface area contributed by atoms with Gasteiger partial charge in [0, 0.05) is 31.1 Å². The van der Waals surface area contributed by atoms with Gasteiger partial charge in [-0.05, 0) is 75.9 Å². The summed E-state index contributed by atoms with van der Waals surface area (Å²) in [5.74, 6) is 0.0894. The Hall–Kier alpha value is -2.36. The first kappa shape index (κ1) is 54.6. The maximum atomic E-state index is 12.2. The minimum absolute atomic E-state index is 0. The summed E-state index contributed by atoms with van der Waals surface area (Å²) in [5.41, 5.74) is 2.06. The van der Waals surface area contributed by atoms with Crippen LogP contribution in [0.1, 0.15) is 91.2 Å². The van der Waals surface area contributed by atoms with E-state index in [-0.39, 0.29) is 111 Å². The molecule has 0 aromatic heterocycles. The van der Waals surface area contributed by atoms with Gasteiger partial charge in [-0.2, -0.15) is 0 Å². The maximum Gasteiger partial charge on any atom is 0.308 e. The van der Waals surface area contributed by atoms with Crippen LogP contribution in [0.2, 0.25) is 0 Å². The van der Waals surface area contributed by atoms with Crippen LogP contribution in [0.3, 0.4) is 0 Å². The van der Waals surface area contributed by atoms with E-state index in [2.05, 4.69) is 13.8 Å². The van der Waals surface area contributed by atoms with Crippen LogP contribution < -0.4 is 9.47 Å². The highest BCUT2D eigenvalue weighted by atomic mass is 31.0. The lowest BCUT2D eigenvalue weighted by molar-refractivity contribution is -0.297. The number of hydrogen-bond acceptors (Lipinski definition) is 15. The second-order valence-electron chi connectivity index (χ2n) is 18.7. The zero-order valence-electron chi connectivity index (χ0n) is 40.1. The van der Waals surface area contributed by atoms with E-state index >= 15 is 0 Å². The first-order valence-corrected chi connectivity index (χ1v) is 22.9. The number of hydrogen-bond donors (Lipinski definition) is 0. The highest BCUT2D eigenvalue weighted by Crippen LogP contribution is 2.43. The lowest BCUT2D eigenvalue weighted by atomic mass is 9.81. The molecule has 6 aliphatic heterocycles. The van der Waals surface area contributed by atoms with Gasteiger partial charge in [-0.3, -0.25) is 4.79 Å². The molecule has 6 saturated heterocycles. The topological polar surface area (TPSA) is 154 Å². The molecule has 0 spiro atoms. The lowest BCUT2D eigenvalue weighted by Crippen LogP contribution is -2.61. The van der Waals surface area contributed by atoms with Crippen molar-refractivity contribution in [3.63, 3.8) is 0 Å². The molecule has 6 heterocycles. The normalized spacial score (nSPS) is 35.3. The number of methoxy groups -OCH3 is 3. The van der Waals surface area contributed by atoms with Gasteiger partial charge in [0.05, 0.1) is 127 Å². The standard InChI is InChI=1S/C25H36O8.C24H34O7.H2P.HP/c1-15-23(29-14-16-6-8-17(27-4)9-7-16)21(13-22(26)28-5)31-20-12-19-18(32-24(15)20)10-11-30-25(2,3)33-19;1-15-22(27-14-16-5-7-17(26-4)8-6-16)19(9-11-25)29-21-13-20-18(30-23(15)21)10-12-28-24(2,3)31-20;;/h6-9,15,18-21,23-24H,10-14H2,1-5H3;5-8,11,15,18-23H,9-10,12-14H2,1-4H3;1H2;1H/q;;-1;-2/t15-,18-,19-,20+,21+,23-,24+;15-,18-,19+,20-,21+,22-,23+;;/m11../s1. The fraction of sp³-hybridized carbons (Fsp3) is 0.714. The highest BCUT2D eigenvalue weighted by molar-refractivity contribution is 6.92. The predicted molar refractivity (Wildman–Crippen MR) is 250 cm³/mol. The van der Waals surface area contributed by atoms with E-state index in [1.807, 2.05) is 76.2 Å². The molecule has 17 heteroatoms. The molecule has 6 fully saturated rings. The predicted octanol–water partition coefficient (Wildman–Crippen LogP) is 7.44. The minimum atomic E-state index is -0.661. The van der Waals surface area contributed by atoms with E-state index in [1.165, 1.54) is 7.11 Å². The molecule has 0 amide bonds. The van der Waals surface area contributed by atoms with E-state index in [1.54, 1.807) is 14.2 Å². The van der Waals surface area contributed by atoms with Crippen molar-refractivity contribution in [2.75, 3.05) is 34.5 Å². The Labute approximate surface area is 397 Å². The number of carbonyl (C=O) groups excluding carboxylic acids is 2. The van der Waals surface area contributed by atoms with Crippen molar-refractivity contribution in [3.05, 3.63) is 59.7 Å². The van der Waals surface area contributed by atoms with Crippen molar-refractivity contribution in [1.82, 2.24) is 0 Å². The Morgan fingerprint density at radius 2 is 1.06 bits per heavy atom. The highest BCUT2D eigenvalue weighted by Gasteiger charge is 2.53. The number of aldehydes is 1. The summed E-state index contributed by atoms with van der Waals surface area (Å²) in [6.45, 7) is 14.0. The second kappa shape index (κ2) is 24.5. The molecule has 14 atom stereocenters. The molecular weight excluding hydrogens is 890 g/mol. The number of carbonyl (C=O) groups is 2. The summed E-state index contributed by atoms with van der Waals surface area (Å²) in [4.78, 5) is 23.5. The van der Waals surface area contributed by atoms with Gasteiger partial charge < -0.3 is 86.2 Å². The average molecular weight is 964 g/mol. The summed E-state index contributed by atoms with van der Waals surface area (Å²) >= 11 is 0. The smallest absolute Gasteiger partial charge is 0.308 e. The molecule has 0 saturated carbocycles. The number of fused-ring (bicyclic) bond motifs is 4. The van der Waals surface area contributed by atoms with Crippen molar-refractivity contribution < 1.29 is 71.2 Å². The summed E-state index contributed by atoms with van der Waals surface area (Å²) < 4.78 is 77.9. The summed E-state index contributed by atoms with van der Waals surface area (Å²) in [6.07, 6.45) is 2.18. The summed E-state index contributed by atoms with van der Waals surface area (Å²) in [7, 11) is 4.68. The van der Waals surface area contributed by atoms with Gasteiger partial charge in [-0.25, -0.2) is 0 Å². The van der Waals surface area contributed by atoms with Gasteiger partial charge in [0.1, 0.15) is 17.8 Å². The molecule has 2 aromatic carbocycles. The van der Waals surface area contributed by atoms with Crippen LogP contribution in [0.5, 0.6) is 11.5 Å². The van der Waals surface area contributed by atoms with Crippen LogP contribution in [-0.4, -0.2) is 132 Å². The average Bonchev–Trinajstić information content (AvgIpc) is 3.52. The molecule has 15 nitrogen and oxygen atoms in total. The van der Waals surface area contributed by atoms with Gasteiger partial charge in [0.15, 0.2) is 11.6 Å². The number of rotatable bonds is 12. The first-order valence-electron chi connectivity index (χ1n) is 22.9. The minimum Gasteiger partial charge on any atom is -1.51 e. The molecule has 0 N–H and O–H groups in total. The monoisotopic (exact) mass is 963 g/mol. The van der Waals surface area contributed by atoms with Gasteiger partial charge in [-0.1, -0.05) is 38.1 Å². The summed E-state index contributed by atoms with van der Waals surface area (Å²) in [5, 5.41) is 0. The van der Waals surface area contributed by atoms with Crippen molar-refractivity contribution in [1.29, 1.82) is 0 Å². The van der Waals surface area contributed by atoms with E-state index in [0.717, 1.165) is 48.2 Å². The molecule has 8 rings (SSSR count). The third-order valence-corrected chi connectivity index (χ3v) is 13.4. The first-order chi connectivity index (χ1) is 30.7. The Balaban J connectivity index is 0.000000241. The SMILES string of the molecule is COC(=O)C[C@@H]1O[C@H]2C[C@H]3OC(C)(C)OCC[C@H]3O[C@H]2[C@H](C)[C@H]1OCc1ccc(OC)cc1.COc1ccc(CO[C@@H]2[C@@H](C)[C@@H]3O[C@@H]4CCOC(C)(C)O[C@@H]4C[C@@H]3O[C@H]2CC=O)cc1.[PH-2].[PH2-]. The molecule has 6 aliphatic rings. The quantitative estimate of drug-likeness (QED) is 0.118. The summed E-state index contributed by atoms with van der Waals surface area (Å²) in [6, 6.07) is 15.5. The van der Waals surface area contributed by atoms with Crippen molar-refractivity contribution in [2.45, 2.75) is 178 Å². The molecule has 2 aromatic rings. The largest absolute Gasteiger partial charge is 1.51 e. The van der Waals surface area contributed by atoms with E-state index in [4.69, 9.17) is 61.6 Å². The third kappa shape index (κ3) is 13.7. The van der Waals surface area contributed by atoms with Crippen molar-refractivity contribution >= 4 is 32.1 Å². The van der Waals surface area contributed by atoms with Gasteiger partial charge >= 0.3 is 5.97 Å².